The third kappa shape index (κ3) is 3.38. The number of aromatic nitrogens is 4. The first-order valence-corrected chi connectivity index (χ1v) is 7.09. The van der Waals surface area contributed by atoms with Gasteiger partial charge in [-0.3, -0.25) is 9.97 Å². The van der Waals surface area contributed by atoms with Crippen LogP contribution in [-0.2, 0) is 6.42 Å². The first-order valence-electron chi connectivity index (χ1n) is 7.09. The average Bonchev–Trinajstić information content (AvgIpc) is 2.38. The Kier molecular flexibility index (Phi) is 4.42. The molecule has 0 aliphatic heterocycles. The van der Waals surface area contributed by atoms with E-state index in [1.807, 2.05) is 26.2 Å². The molecule has 2 heterocycles. The van der Waals surface area contributed by atoms with Crippen LogP contribution in [0.3, 0.4) is 0 Å². The van der Waals surface area contributed by atoms with Gasteiger partial charge in [-0.25, -0.2) is 0 Å². The van der Waals surface area contributed by atoms with E-state index < -0.39 is 0 Å². The second-order valence-corrected chi connectivity index (χ2v) is 5.72. The molecule has 2 aromatic rings. The molecular formula is C16H22N4. The molecule has 1 unspecified atom stereocenters. The lowest BCUT2D eigenvalue weighted by Gasteiger charge is -2.13. The topological polar surface area (TPSA) is 51.6 Å². The van der Waals surface area contributed by atoms with E-state index in [1.54, 1.807) is 0 Å². The zero-order chi connectivity index (χ0) is 14.7. The lowest BCUT2D eigenvalue weighted by atomic mass is 9.97. The highest BCUT2D eigenvalue weighted by molar-refractivity contribution is 5.21. The minimum absolute atomic E-state index is 0.291. The van der Waals surface area contributed by atoms with E-state index in [9.17, 15) is 0 Å². The molecule has 4 nitrogen and oxygen atoms in total. The Morgan fingerprint density at radius 1 is 1.10 bits per heavy atom. The molecule has 0 spiro atoms. The summed E-state index contributed by atoms with van der Waals surface area (Å²) in [7, 11) is 0. The van der Waals surface area contributed by atoms with Crippen molar-refractivity contribution in [2.45, 2.75) is 52.9 Å². The number of aryl methyl sites for hydroxylation is 2. The summed E-state index contributed by atoms with van der Waals surface area (Å²) >= 11 is 0. The second kappa shape index (κ2) is 6.07. The van der Waals surface area contributed by atoms with Crippen LogP contribution in [0.4, 0.5) is 0 Å². The largest absolute Gasteiger partial charge is 0.257 e. The van der Waals surface area contributed by atoms with Gasteiger partial charge in [0, 0.05) is 12.1 Å². The van der Waals surface area contributed by atoms with Crippen LogP contribution in [0, 0.1) is 13.8 Å². The molecule has 0 radical (unpaired) electrons. The van der Waals surface area contributed by atoms with Gasteiger partial charge in [-0.1, -0.05) is 20.8 Å². The predicted octanol–water partition coefficient (Wildman–Crippen LogP) is 3.35. The van der Waals surface area contributed by atoms with Crippen molar-refractivity contribution < 1.29 is 0 Å². The fraction of sp³-hybridized carbons (Fsp3) is 0.500. The van der Waals surface area contributed by atoms with Crippen LogP contribution in [0.5, 0.6) is 0 Å². The van der Waals surface area contributed by atoms with Crippen LogP contribution >= 0.6 is 0 Å². The molecule has 106 valence electrons. The molecule has 2 rings (SSSR count). The molecule has 2 aromatic heterocycles. The molecule has 20 heavy (non-hydrogen) atoms. The normalized spacial score (nSPS) is 12.7. The molecule has 0 bridgehead atoms. The van der Waals surface area contributed by atoms with Crippen LogP contribution in [0.1, 0.15) is 60.9 Å². The van der Waals surface area contributed by atoms with Crippen molar-refractivity contribution in [1.29, 1.82) is 0 Å². The molecule has 1 atom stereocenters. The summed E-state index contributed by atoms with van der Waals surface area (Å²) in [6.07, 6.45) is 4.51. The van der Waals surface area contributed by atoms with E-state index in [0.717, 1.165) is 29.2 Å². The van der Waals surface area contributed by atoms with Gasteiger partial charge in [0.05, 0.1) is 29.0 Å². The van der Waals surface area contributed by atoms with Crippen molar-refractivity contribution in [2.24, 2.45) is 0 Å². The van der Waals surface area contributed by atoms with Gasteiger partial charge in [-0.15, -0.1) is 0 Å². The summed E-state index contributed by atoms with van der Waals surface area (Å²) < 4.78 is 0. The molecule has 0 amide bonds. The molecule has 0 aliphatic carbocycles. The van der Waals surface area contributed by atoms with Crippen LogP contribution in [0.2, 0.25) is 0 Å². The maximum atomic E-state index is 4.52. The molecule has 0 N–H and O–H groups in total. The van der Waals surface area contributed by atoms with E-state index in [-0.39, 0.29) is 0 Å². The number of hydrogen-bond donors (Lipinski definition) is 0. The Morgan fingerprint density at radius 3 is 2.50 bits per heavy atom. The van der Waals surface area contributed by atoms with E-state index in [1.165, 1.54) is 5.56 Å². The summed E-state index contributed by atoms with van der Waals surface area (Å²) in [6.45, 7) is 10.5. The van der Waals surface area contributed by atoms with Crippen molar-refractivity contribution in [3.05, 3.63) is 46.8 Å². The first kappa shape index (κ1) is 14.6. The van der Waals surface area contributed by atoms with E-state index in [2.05, 4.69) is 47.0 Å². The zero-order valence-corrected chi connectivity index (χ0v) is 12.9. The summed E-state index contributed by atoms with van der Waals surface area (Å²) in [5.74, 6) is 0.764. The Hall–Kier alpha value is -1.84. The Balaban J connectivity index is 2.19. The highest BCUT2D eigenvalue weighted by Gasteiger charge is 2.14. The quantitative estimate of drug-likeness (QED) is 0.855. The third-order valence-corrected chi connectivity index (χ3v) is 3.48. The third-order valence-electron chi connectivity index (χ3n) is 3.48. The average molecular weight is 270 g/mol. The van der Waals surface area contributed by atoms with Crippen molar-refractivity contribution in [3.63, 3.8) is 0 Å². The number of nitrogens with zero attached hydrogens (tertiary/aromatic N) is 4. The smallest absolute Gasteiger partial charge is 0.0648 e. The molecular weight excluding hydrogens is 248 g/mol. The SMILES string of the molecule is Cc1cnc(C(C)Cc2cc(C(C)C)cnn2)c(C)n1. The lowest BCUT2D eigenvalue weighted by Crippen LogP contribution is -2.08. The standard InChI is InChI=1S/C16H22N4/c1-10(2)14-7-15(20-18-9-14)6-11(3)16-13(5)19-12(4)8-17-16/h7-11H,6H2,1-5H3. The van der Waals surface area contributed by atoms with E-state index >= 15 is 0 Å². The van der Waals surface area contributed by atoms with Crippen molar-refractivity contribution >= 4 is 0 Å². The Bertz CT molecular complexity index is 593. The van der Waals surface area contributed by atoms with Gasteiger partial charge < -0.3 is 0 Å². The maximum Gasteiger partial charge on any atom is 0.0648 e. The molecule has 0 saturated carbocycles. The van der Waals surface area contributed by atoms with Crippen LogP contribution < -0.4 is 0 Å². The fourth-order valence-corrected chi connectivity index (χ4v) is 2.34. The van der Waals surface area contributed by atoms with E-state index in [4.69, 9.17) is 0 Å². The van der Waals surface area contributed by atoms with Gasteiger partial charge in [-0.2, -0.15) is 10.2 Å². The number of rotatable bonds is 4. The Labute approximate surface area is 120 Å². The van der Waals surface area contributed by atoms with E-state index in [0.29, 0.717) is 11.8 Å². The van der Waals surface area contributed by atoms with Crippen LogP contribution in [-0.4, -0.2) is 20.2 Å². The number of hydrogen-bond acceptors (Lipinski definition) is 4. The van der Waals surface area contributed by atoms with Crippen LogP contribution in [0.15, 0.2) is 18.5 Å². The van der Waals surface area contributed by atoms with Gasteiger partial charge in [-0.05, 0) is 37.8 Å². The summed E-state index contributed by atoms with van der Waals surface area (Å²) in [4.78, 5) is 9.00. The molecule has 0 saturated heterocycles. The highest BCUT2D eigenvalue weighted by Crippen LogP contribution is 2.21. The summed E-state index contributed by atoms with van der Waals surface area (Å²) in [6, 6.07) is 2.14. The van der Waals surface area contributed by atoms with Gasteiger partial charge in [0.15, 0.2) is 0 Å². The Morgan fingerprint density at radius 2 is 1.85 bits per heavy atom. The lowest BCUT2D eigenvalue weighted by molar-refractivity contribution is 0.684. The molecule has 4 heteroatoms. The minimum atomic E-state index is 0.291. The zero-order valence-electron chi connectivity index (χ0n) is 12.9. The molecule has 0 aliphatic rings. The van der Waals surface area contributed by atoms with Crippen molar-refractivity contribution in [1.82, 2.24) is 20.2 Å². The monoisotopic (exact) mass is 270 g/mol. The van der Waals surface area contributed by atoms with Crippen LogP contribution in [0.25, 0.3) is 0 Å². The highest BCUT2D eigenvalue weighted by atomic mass is 15.1. The molecule has 0 aromatic carbocycles. The molecule has 0 fully saturated rings. The van der Waals surface area contributed by atoms with Gasteiger partial charge in [0.25, 0.3) is 0 Å². The second-order valence-electron chi connectivity index (χ2n) is 5.72. The van der Waals surface area contributed by atoms with Crippen molar-refractivity contribution in [2.75, 3.05) is 0 Å². The van der Waals surface area contributed by atoms with Gasteiger partial charge >= 0.3 is 0 Å². The van der Waals surface area contributed by atoms with Crippen molar-refractivity contribution in [3.8, 4) is 0 Å². The minimum Gasteiger partial charge on any atom is -0.257 e. The van der Waals surface area contributed by atoms with Gasteiger partial charge in [0.2, 0.25) is 0 Å². The fourth-order valence-electron chi connectivity index (χ4n) is 2.34. The summed E-state index contributed by atoms with van der Waals surface area (Å²) in [5.41, 5.74) is 5.26. The maximum absolute atomic E-state index is 4.52. The summed E-state index contributed by atoms with van der Waals surface area (Å²) in [5, 5.41) is 8.34. The first-order chi connectivity index (χ1) is 9.47. The van der Waals surface area contributed by atoms with Gasteiger partial charge in [0.1, 0.15) is 0 Å². The predicted molar refractivity (Wildman–Crippen MR) is 79.7 cm³/mol.